The first kappa shape index (κ1) is 15.1. The van der Waals surface area contributed by atoms with Crippen molar-refractivity contribution >= 4 is 11.4 Å². The Bertz CT molecular complexity index is 397. The summed E-state index contributed by atoms with van der Waals surface area (Å²) in [5.41, 5.74) is 2.38. The first-order valence-electron chi connectivity index (χ1n) is 8.16. The maximum Gasteiger partial charge on any atom is 0.0573 e. The molecule has 3 heteroatoms. The molecular formula is C17H29N3. The molecule has 0 unspecified atom stereocenters. The zero-order valence-corrected chi connectivity index (χ0v) is 13.2. The number of pyridine rings is 1. The van der Waals surface area contributed by atoms with E-state index in [0.717, 1.165) is 24.6 Å². The van der Waals surface area contributed by atoms with Gasteiger partial charge in [-0.15, -0.1) is 0 Å². The Kier molecular flexibility index (Phi) is 5.69. The Morgan fingerprint density at radius 3 is 2.60 bits per heavy atom. The number of nitrogens with zero attached hydrogens (tertiary/aromatic N) is 2. The minimum atomic E-state index is 0.682. The lowest BCUT2D eigenvalue weighted by Crippen LogP contribution is -2.35. The predicted molar refractivity (Wildman–Crippen MR) is 87.5 cm³/mol. The van der Waals surface area contributed by atoms with E-state index in [1.54, 1.807) is 0 Å². The molecule has 20 heavy (non-hydrogen) atoms. The van der Waals surface area contributed by atoms with Gasteiger partial charge in [0, 0.05) is 19.6 Å². The number of nitrogens with one attached hydrogen (secondary N) is 1. The van der Waals surface area contributed by atoms with Gasteiger partial charge in [0.15, 0.2) is 0 Å². The Morgan fingerprint density at radius 1 is 1.20 bits per heavy atom. The van der Waals surface area contributed by atoms with Crippen molar-refractivity contribution in [2.45, 2.75) is 58.4 Å². The van der Waals surface area contributed by atoms with Crippen LogP contribution in [-0.2, 0) is 0 Å². The topological polar surface area (TPSA) is 28.2 Å². The molecule has 0 saturated heterocycles. The fraction of sp³-hybridized carbons (Fsp3) is 0.706. The fourth-order valence-electron chi connectivity index (χ4n) is 3.14. The van der Waals surface area contributed by atoms with Crippen LogP contribution >= 0.6 is 0 Å². The van der Waals surface area contributed by atoms with Crippen molar-refractivity contribution in [3.05, 3.63) is 18.5 Å². The van der Waals surface area contributed by atoms with Gasteiger partial charge >= 0.3 is 0 Å². The molecule has 112 valence electrons. The molecule has 1 fully saturated rings. The second-order valence-corrected chi connectivity index (χ2v) is 6.05. The molecule has 3 nitrogen and oxygen atoms in total. The molecule has 0 amide bonds. The molecule has 1 N–H and O–H groups in total. The van der Waals surface area contributed by atoms with Crippen molar-refractivity contribution in [2.24, 2.45) is 5.92 Å². The van der Waals surface area contributed by atoms with Crippen molar-refractivity contribution in [3.8, 4) is 0 Å². The van der Waals surface area contributed by atoms with E-state index in [1.165, 1.54) is 37.8 Å². The van der Waals surface area contributed by atoms with Crippen molar-refractivity contribution in [2.75, 3.05) is 23.8 Å². The zero-order chi connectivity index (χ0) is 14.4. The van der Waals surface area contributed by atoms with Crippen LogP contribution < -0.4 is 10.2 Å². The van der Waals surface area contributed by atoms with Crippen LogP contribution in [0.15, 0.2) is 18.5 Å². The summed E-state index contributed by atoms with van der Waals surface area (Å²) < 4.78 is 0. The molecule has 1 aromatic rings. The highest BCUT2D eigenvalue weighted by molar-refractivity contribution is 5.55. The van der Waals surface area contributed by atoms with Crippen LogP contribution in [0.2, 0.25) is 0 Å². The Morgan fingerprint density at radius 2 is 1.95 bits per heavy atom. The van der Waals surface area contributed by atoms with Gasteiger partial charge in [0.05, 0.1) is 23.8 Å². The van der Waals surface area contributed by atoms with Gasteiger partial charge in [0.25, 0.3) is 0 Å². The van der Waals surface area contributed by atoms with Gasteiger partial charge in [0.2, 0.25) is 0 Å². The number of hydrogen-bond acceptors (Lipinski definition) is 3. The van der Waals surface area contributed by atoms with Crippen LogP contribution in [0.1, 0.15) is 52.4 Å². The molecular weight excluding hydrogens is 246 g/mol. The van der Waals surface area contributed by atoms with E-state index in [2.05, 4.69) is 42.2 Å². The van der Waals surface area contributed by atoms with E-state index in [9.17, 15) is 0 Å². The lowest BCUT2D eigenvalue weighted by molar-refractivity contribution is 0.313. The van der Waals surface area contributed by atoms with Gasteiger partial charge in [-0.25, -0.2) is 0 Å². The summed E-state index contributed by atoms with van der Waals surface area (Å²) >= 11 is 0. The summed E-state index contributed by atoms with van der Waals surface area (Å²) in [6, 6.07) is 2.91. The third-order valence-electron chi connectivity index (χ3n) is 4.65. The van der Waals surface area contributed by atoms with E-state index in [-0.39, 0.29) is 0 Å². The van der Waals surface area contributed by atoms with E-state index in [0.29, 0.717) is 6.04 Å². The molecule has 1 aliphatic carbocycles. The third-order valence-corrected chi connectivity index (χ3v) is 4.65. The molecule has 1 saturated carbocycles. The highest BCUT2D eigenvalue weighted by Gasteiger charge is 2.23. The largest absolute Gasteiger partial charge is 0.384 e. The van der Waals surface area contributed by atoms with Crippen molar-refractivity contribution in [1.29, 1.82) is 0 Å². The molecule has 0 spiro atoms. The van der Waals surface area contributed by atoms with Gasteiger partial charge in [-0.3, -0.25) is 4.98 Å². The molecule has 1 heterocycles. The van der Waals surface area contributed by atoms with Gasteiger partial charge in [-0.05, 0) is 44.1 Å². The van der Waals surface area contributed by atoms with Crippen LogP contribution in [-0.4, -0.2) is 24.6 Å². The second-order valence-electron chi connectivity index (χ2n) is 6.05. The Balaban J connectivity index is 1.96. The van der Waals surface area contributed by atoms with E-state index < -0.39 is 0 Å². The zero-order valence-electron chi connectivity index (χ0n) is 13.2. The first-order chi connectivity index (χ1) is 9.74. The lowest BCUT2D eigenvalue weighted by atomic mass is 9.84. The van der Waals surface area contributed by atoms with Crippen LogP contribution in [0.3, 0.4) is 0 Å². The Hall–Kier alpha value is -1.25. The van der Waals surface area contributed by atoms with Crippen molar-refractivity contribution in [3.63, 3.8) is 0 Å². The van der Waals surface area contributed by atoms with Crippen molar-refractivity contribution in [1.82, 2.24) is 4.98 Å². The van der Waals surface area contributed by atoms with Crippen LogP contribution in [0.25, 0.3) is 0 Å². The maximum atomic E-state index is 4.38. The molecule has 0 aromatic carbocycles. The van der Waals surface area contributed by atoms with E-state index in [4.69, 9.17) is 0 Å². The van der Waals surface area contributed by atoms with E-state index in [1.807, 2.05) is 12.4 Å². The van der Waals surface area contributed by atoms with Gasteiger partial charge in [-0.2, -0.15) is 0 Å². The highest BCUT2D eigenvalue weighted by atomic mass is 15.1. The highest BCUT2D eigenvalue weighted by Crippen LogP contribution is 2.31. The fourth-order valence-corrected chi connectivity index (χ4v) is 3.14. The van der Waals surface area contributed by atoms with Crippen LogP contribution in [0.4, 0.5) is 11.4 Å². The lowest BCUT2D eigenvalue weighted by Gasteiger charge is -2.35. The molecule has 0 bridgehead atoms. The average Bonchev–Trinajstić information content (AvgIpc) is 2.52. The number of hydrogen-bond donors (Lipinski definition) is 1. The molecule has 0 aliphatic heterocycles. The monoisotopic (exact) mass is 275 g/mol. The predicted octanol–water partition coefficient (Wildman–Crippen LogP) is 4.31. The standard InChI is InChI=1S/C17H29N3/c1-4-10-19-15-11-17(13-18-12-15)20(3)16-8-6-14(5-2)7-9-16/h11-14,16,19H,4-10H2,1-3H3. The van der Waals surface area contributed by atoms with Crippen molar-refractivity contribution < 1.29 is 0 Å². The molecule has 1 aliphatic rings. The SMILES string of the molecule is CCCNc1cncc(N(C)C2CCC(CC)CC2)c1. The first-order valence-corrected chi connectivity index (χ1v) is 8.16. The molecule has 0 radical (unpaired) electrons. The van der Waals surface area contributed by atoms with Gasteiger partial charge in [-0.1, -0.05) is 20.3 Å². The van der Waals surface area contributed by atoms with Gasteiger partial charge < -0.3 is 10.2 Å². The molecule has 2 rings (SSSR count). The quantitative estimate of drug-likeness (QED) is 0.838. The normalized spacial score (nSPS) is 22.6. The minimum Gasteiger partial charge on any atom is -0.384 e. The summed E-state index contributed by atoms with van der Waals surface area (Å²) in [7, 11) is 2.22. The summed E-state index contributed by atoms with van der Waals surface area (Å²) in [6.45, 7) is 5.51. The third kappa shape index (κ3) is 3.87. The smallest absolute Gasteiger partial charge is 0.0573 e. The molecule has 0 atom stereocenters. The number of rotatable bonds is 6. The molecule has 1 aromatic heterocycles. The minimum absolute atomic E-state index is 0.682. The Labute approximate surface area is 123 Å². The number of anilines is 2. The second kappa shape index (κ2) is 7.51. The average molecular weight is 275 g/mol. The summed E-state index contributed by atoms with van der Waals surface area (Å²) in [6.07, 6.45) is 11.8. The van der Waals surface area contributed by atoms with Crippen LogP contribution in [0.5, 0.6) is 0 Å². The summed E-state index contributed by atoms with van der Waals surface area (Å²) in [5, 5.41) is 3.42. The van der Waals surface area contributed by atoms with E-state index >= 15 is 0 Å². The summed E-state index contributed by atoms with van der Waals surface area (Å²) in [5.74, 6) is 0.954. The maximum absolute atomic E-state index is 4.38. The van der Waals surface area contributed by atoms with Crippen LogP contribution in [0, 0.1) is 5.92 Å². The number of aromatic nitrogens is 1. The summed E-state index contributed by atoms with van der Waals surface area (Å²) in [4.78, 5) is 6.81. The van der Waals surface area contributed by atoms with Gasteiger partial charge in [0.1, 0.15) is 0 Å².